The van der Waals surface area contributed by atoms with E-state index in [9.17, 15) is 5.11 Å². The van der Waals surface area contributed by atoms with E-state index in [1.807, 2.05) is 6.20 Å². The first-order valence-corrected chi connectivity index (χ1v) is 14.6. The number of aliphatic imine (C=N–C) groups is 1. The van der Waals surface area contributed by atoms with Gasteiger partial charge < -0.3 is 5.11 Å². The summed E-state index contributed by atoms with van der Waals surface area (Å²) in [4.78, 5) is 5.06. The average Bonchev–Trinajstić information content (AvgIpc) is 3.21. The molecule has 3 heteroatoms. The van der Waals surface area contributed by atoms with E-state index in [1.165, 1.54) is 95.5 Å². The van der Waals surface area contributed by atoms with Crippen LogP contribution in [0.4, 0.5) is 0 Å². The Kier molecular flexibility index (Phi) is 15.6. The van der Waals surface area contributed by atoms with Crippen molar-refractivity contribution < 1.29 is 9.59 Å². The highest BCUT2D eigenvalue weighted by Crippen LogP contribution is 2.28. The van der Waals surface area contributed by atoms with Crippen molar-refractivity contribution >= 4 is 5.84 Å². The van der Waals surface area contributed by atoms with Crippen LogP contribution in [0.15, 0.2) is 60.3 Å². The highest BCUT2D eigenvalue weighted by Gasteiger charge is 2.40. The van der Waals surface area contributed by atoms with Gasteiger partial charge in [0.25, 0.3) is 0 Å². The molecule has 1 N–H and O–H groups in total. The number of hydrogen-bond acceptors (Lipinski definition) is 2. The molecule has 1 aromatic rings. The summed E-state index contributed by atoms with van der Waals surface area (Å²) in [6.07, 6.45) is 27.5. The van der Waals surface area contributed by atoms with E-state index in [0.717, 1.165) is 25.3 Å². The minimum absolute atomic E-state index is 0.155. The lowest BCUT2D eigenvalue weighted by atomic mass is 10.0. The molecule has 0 radical (unpaired) electrons. The maximum Gasteiger partial charge on any atom is 0.205 e. The van der Waals surface area contributed by atoms with Crippen LogP contribution in [0, 0.1) is 0 Å². The number of rotatable bonds is 21. The number of amidine groups is 1. The van der Waals surface area contributed by atoms with Crippen molar-refractivity contribution in [3.05, 3.63) is 60.8 Å². The van der Waals surface area contributed by atoms with E-state index in [4.69, 9.17) is 4.99 Å². The largest absolute Gasteiger partial charge is 0.396 e. The zero-order valence-corrected chi connectivity index (χ0v) is 22.7. The SMILES string of the molecule is C=C[N+]1(Cc2ccccc2)CC(CCCCCCCC/C=C\CCCCCCCC)N=C1CCO. The van der Waals surface area contributed by atoms with Gasteiger partial charge in [-0.25, -0.2) is 9.48 Å². The third-order valence-corrected chi connectivity index (χ3v) is 7.42. The number of benzene rings is 1. The molecule has 0 saturated carbocycles. The Labute approximate surface area is 216 Å². The van der Waals surface area contributed by atoms with Crippen molar-refractivity contribution in [2.24, 2.45) is 4.99 Å². The van der Waals surface area contributed by atoms with E-state index in [2.05, 4.69) is 56.0 Å². The Balaban J connectivity index is 1.55. The molecular formula is C32H53N2O+. The Hall–Kier alpha value is -1.71. The van der Waals surface area contributed by atoms with Crippen LogP contribution in [0.2, 0.25) is 0 Å². The van der Waals surface area contributed by atoms with Crippen molar-refractivity contribution in [3.8, 4) is 0 Å². The van der Waals surface area contributed by atoms with Gasteiger partial charge in [-0.1, -0.05) is 114 Å². The normalized spacial score (nSPS) is 19.9. The van der Waals surface area contributed by atoms with Crippen LogP contribution in [0.5, 0.6) is 0 Å². The van der Waals surface area contributed by atoms with Crippen LogP contribution >= 0.6 is 0 Å². The molecule has 3 nitrogen and oxygen atoms in total. The van der Waals surface area contributed by atoms with Gasteiger partial charge in [-0.3, -0.25) is 0 Å². The minimum atomic E-state index is 0.155. The quantitative estimate of drug-likeness (QED) is 0.106. The zero-order valence-electron chi connectivity index (χ0n) is 22.7. The first-order valence-electron chi connectivity index (χ1n) is 14.6. The molecule has 2 unspecified atom stereocenters. The second-order valence-electron chi connectivity index (χ2n) is 10.4. The topological polar surface area (TPSA) is 32.6 Å². The average molecular weight is 482 g/mol. The smallest absolute Gasteiger partial charge is 0.205 e. The summed E-state index contributed by atoms with van der Waals surface area (Å²) in [6.45, 7) is 8.47. The lowest BCUT2D eigenvalue weighted by Gasteiger charge is -2.31. The van der Waals surface area contributed by atoms with Crippen LogP contribution in [0.3, 0.4) is 0 Å². The Morgan fingerprint density at radius 2 is 1.49 bits per heavy atom. The van der Waals surface area contributed by atoms with Gasteiger partial charge in [-0.05, 0) is 38.7 Å². The number of aliphatic hydroxyl groups excluding tert-OH is 1. The lowest BCUT2D eigenvalue weighted by Crippen LogP contribution is -2.46. The number of nitrogens with zero attached hydrogens (tertiary/aromatic N) is 2. The molecule has 0 saturated heterocycles. The second-order valence-corrected chi connectivity index (χ2v) is 10.4. The number of aliphatic hydroxyl groups is 1. The predicted octanol–water partition coefficient (Wildman–Crippen LogP) is 8.74. The first-order chi connectivity index (χ1) is 17.2. The van der Waals surface area contributed by atoms with Gasteiger partial charge >= 0.3 is 0 Å². The monoisotopic (exact) mass is 481 g/mol. The Morgan fingerprint density at radius 1 is 0.886 bits per heavy atom. The summed E-state index contributed by atoms with van der Waals surface area (Å²) < 4.78 is 0.696. The molecule has 35 heavy (non-hydrogen) atoms. The van der Waals surface area contributed by atoms with Crippen LogP contribution in [0.25, 0.3) is 0 Å². The van der Waals surface area contributed by atoms with Gasteiger partial charge in [0.15, 0.2) is 0 Å². The maximum atomic E-state index is 9.60. The molecular weight excluding hydrogens is 428 g/mol. The Bertz CT molecular complexity index is 726. The number of hydrogen-bond donors (Lipinski definition) is 1. The Morgan fingerprint density at radius 3 is 2.09 bits per heavy atom. The van der Waals surface area contributed by atoms with Crippen molar-refractivity contribution in [1.82, 2.24) is 0 Å². The third-order valence-electron chi connectivity index (χ3n) is 7.42. The van der Waals surface area contributed by atoms with Crippen molar-refractivity contribution in [2.75, 3.05) is 13.2 Å². The predicted molar refractivity (Wildman–Crippen MR) is 152 cm³/mol. The summed E-state index contributed by atoms with van der Waals surface area (Å²) in [7, 11) is 0. The lowest BCUT2D eigenvalue weighted by molar-refractivity contribution is -0.799. The van der Waals surface area contributed by atoms with Gasteiger partial charge in [0.1, 0.15) is 19.1 Å². The van der Waals surface area contributed by atoms with E-state index in [0.29, 0.717) is 16.9 Å². The maximum absolute atomic E-state index is 9.60. The van der Waals surface area contributed by atoms with Gasteiger partial charge in [0, 0.05) is 5.56 Å². The molecule has 2 atom stereocenters. The minimum Gasteiger partial charge on any atom is -0.396 e. The van der Waals surface area contributed by atoms with Crippen LogP contribution in [-0.4, -0.2) is 34.6 Å². The second kappa shape index (κ2) is 18.5. The summed E-state index contributed by atoms with van der Waals surface area (Å²) in [5.41, 5.74) is 1.30. The molecule has 0 spiro atoms. The molecule has 0 aliphatic carbocycles. The van der Waals surface area contributed by atoms with E-state index < -0.39 is 0 Å². The van der Waals surface area contributed by atoms with Crippen LogP contribution in [-0.2, 0) is 6.54 Å². The van der Waals surface area contributed by atoms with Gasteiger partial charge in [0.2, 0.25) is 5.84 Å². The molecule has 1 aromatic carbocycles. The van der Waals surface area contributed by atoms with Crippen molar-refractivity contribution in [2.45, 2.75) is 122 Å². The van der Waals surface area contributed by atoms with Gasteiger partial charge in [-0.2, -0.15) is 0 Å². The number of unbranched alkanes of at least 4 members (excludes halogenated alkanes) is 12. The molecule has 2 rings (SSSR count). The number of quaternary nitrogens is 1. The van der Waals surface area contributed by atoms with E-state index in [1.54, 1.807) is 0 Å². The molecule has 0 bridgehead atoms. The fourth-order valence-corrected chi connectivity index (χ4v) is 5.33. The fourth-order valence-electron chi connectivity index (χ4n) is 5.33. The summed E-state index contributed by atoms with van der Waals surface area (Å²) in [5.74, 6) is 1.10. The standard InChI is InChI=1S/C32H53N2O/c1-3-5-6-7-8-9-10-11-12-13-14-15-16-17-18-22-25-31-29-34(4-2,32(33-31)26-27-35)28-30-23-20-19-21-24-30/h4,11-12,19-21,23-24,31,35H,2-3,5-10,13-18,22,25-29H2,1H3/q+1/b12-11-. The van der Waals surface area contributed by atoms with Gasteiger partial charge in [-0.15, -0.1) is 0 Å². The number of allylic oxidation sites excluding steroid dienone is 2. The molecule has 0 amide bonds. The van der Waals surface area contributed by atoms with E-state index >= 15 is 0 Å². The first kappa shape index (κ1) is 29.5. The fraction of sp³-hybridized carbons (Fsp3) is 0.656. The highest BCUT2D eigenvalue weighted by atomic mass is 16.3. The van der Waals surface area contributed by atoms with Crippen molar-refractivity contribution in [1.29, 1.82) is 0 Å². The highest BCUT2D eigenvalue weighted by molar-refractivity contribution is 5.78. The van der Waals surface area contributed by atoms with Crippen LogP contribution in [0.1, 0.15) is 115 Å². The molecule has 0 aromatic heterocycles. The van der Waals surface area contributed by atoms with Crippen LogP contribution < -0.4 is 0 Å². The summed E-state index contributed by atoms with van der Waals surface area (Å²) in [6, 6.07) is 11.0. The molecule has 1 aliphatic heterocycles. The van der Waals surface area contributed by atoms with Crippen molar-refractivity contribution in [3.63, 3.8) is 0 Å². The summed E-state index contributed by atoms with van der Waals surface area (Å²) in [5, 5.41) is 9.60. The summed E-state index contributed by atoms with van der Waals surface area (Å²) >= 11 is 0. The molecule has 1 heterocycles. The zero-order chi connectivity index (χ0) is 25.0. The molecule has 196 valence electrons. The van der Waals surface area contributed by atoms with E-state index in [-0.39, 0.29) is 6.61 Å². The third kappa shape index (κ3) is 11.7. The van der Waals surface area contributed by atoms with Gasteiger partial charge in [0.05, 0.1) is 19.2 Å². The molecule has 1 aliphatic rings. The molecule has 0 fully saturated rings.